The molecule has 23 heavy (non-hydrogen) atoms. The van der Waals surface area contributed by atoms with Crippen molar-refractivity contribution in [3.05, 3.63) is 54.6 Å². The van der Waals surface area contributed by atoms with Gasteiger partial charge in [0.05, 0.1) is 11.8 Å². The Kier molecular flexibility index (Phi) is 3.18. The monoisotopic (exact) mass is 307 g/mol. The number of carbonyl (C=O) groups is 2. The maximum absolute atomic E-state index is 12.8. The van der Waals surface area contributed by atoms with Crippen molar-refractivity contribution in [1.29, 1.82) is 0 Å². The Labute approximate surface area is 133 Å². The largest absolute Gasteiger partial charge is 0.481 e. The van der Waals surface area contributed by atoms with Crippen molar-refractivity contribution in [2.24, 2.45) is 23.7 Å². The van der Waals surface area contributed by atoms with E-state index in [4.69, 9.17) is 0 Å². The number of anilines is 1. The summed E-state index contributed by atoms with van der Waals surface area (Å²) in [6.45, 7) is 0. The average Bonchev–Trinajstić information content (AvgIpc) is 3.16. The molecule has 1 amide bonds. The van der Waals surface area contributed by atoms with E-state index < -0.39 is 17.8 Å². The Morgan fingerprint density at radius 2 is 1.65 bits per heavy atom. The number of hydrogen-bond donors (Lipinski definition) is 2. The average molecular weight is 307 g/mol. The van der Waals surface area contributed by atoms with E-state index in [9.17, 15) is 14.7 Å². The van der Waals surface area contributed by atoms with Crippen LogP contribution < -0.4 is 5.32 Å². The van der Waals surface area contributed by atoms with Crippen molar-refractivity contribution in [3.8, 4) is 0 Å². The highest BCUT2D eigenvalue weighted by molar-refractivity contribution is 6.04. The van der Waals surface area contributed by atoms with E-state index in [2.05, 4.69) is 5.32 Å². The highest BCUT2D eigenvalue weighted by Crippen LogP contribution is 2.48. The van der Waals surface area contributed by atoms with Gasteiger partial charge in [-0.15, -0.1) is 0 Å². The van der Waals surface area contributed by atoms with Gasteiger partial charge in [0, 0.05) is 11.1 Å². The van der Waals surface area contributed by atoms with Crippen LogP contribution in [0.1, 0.15) is 6.42 Å². The first kappa shape index (κ1) is 14.0. The lowest BCUT2D eigenvalue weighted by molar-refractivity contribution is -0.146. The van der Waals surface area contributed by atoms with Crippen LogP contribution in [0.3, 0.4) is 0 Å². The number of benzene rings is 2. The Balaban J connectivity index is 1.65. The Morgan fingerprint density at radius 3 is 2.43 bits per heavy atom. The molecule has 0 spiro atoms. The Hall–Kier alpha value is -2.62. The zero-order valence-corrected chi connectivity index (χ0v) is 12.5. The summed E-state index contributed by atoms with van der Waals surface area (Å²) in [7, 11) is 0. The van der Waals surface area contributed by atoms with E-state index in [-0.39, 0.29) is 17.7 Å². The number of aliphatic carboxylic acids is 1. The van der Waals surface area contributed by atoms with E-state index >= 15 is 0 Å². The molecule has 0 saturated heterocycles. The van der Waals surface area contributed by atoms with Crippen LogP contribution >= 0.6 is 0 Å². The number of carboxylic acids is 1. The minimum atomic E-state index is -0.875. The third-order valence-electron chi connectivity index (χ3n) is 5.09. The van der Waals surface area contributed by atoms with Gasteiger partial charge < -0.3 is 10.4 Å². The first-order chi connectivity index (χ1) is 11.1. The van der Waals surface area contributed by atoms with Gasteiger partial charge >= 0.3 is 5.97 Å². The molecule has 2 aromatic carbocycles. The van der Waals surface area contributed by atoms with Crippen molar-refractivity contribution in [2.45, 2.75) is 6.42 Å². The molecule has 0 radical (unpaired) electrons. The molecule has 2 bridgehead atoms. The molecule has 1 fully saturated rings. The van der Waals surface area contributed by atoms with E-state index in [1.807, 2.05) is 54.6 Å². The van der Waals surface area contributed by atoms with Gasteiger partial charge in [-0.1, -0.05) is 48.6 Å². The maximum Gasteiger partial charge on any atom is 0.307 e. The van der Waals surface area contributed by atoms with Crippen LogP contribution in [0.4, 0.5) is 5.69 Å². The van der Waals surface area contributed by atoms with Gasteiger partial charge in [-0.05, 0) is 29.7 Å². The van der Waals surface area contributed by atoms with Crippen molar-refractivity contribution in [3.63, 3.8) is 0 Å². The SMILES string of the molecule is O=C(O)[C@@H]1[C@H](C(=O)Nc2cccc3ccccc23)[C@@H]2C=C[C@H]1C2. The fourth-order valence-corrected chi connectivity index (χ4v) is 4.07. The van der Waals surface area contributed by atoms with Crippen LogP contribution in [0.2, 0.25) is 0 Å². The predicted octanol–water partition coefficient (Wildman–Crippen LogP) is 3.30. The molecule has 0 unspecified atom stereocenters. The summed E-state index contributed by atoms with van der Waals surface area (Å²) in [6.07, 6.45) is 4.72. The standard InChI is InChI=1S/C19H17NO3/c21-18(16-12-8-9-13(10-12)17(16)19(22)23)20-15-7-3-5-11-4-1-2-6-14(11)15/h1-9,12-13,16-17H,10H2,(H,20,21)(H,22,23)/t12-,13+,16-,17+/m1/s1. The van der Waals surface area contributed by atoms with Crippen LogP contribution in [0, 0.1) is 23.7 Å². The second kappa shape index (κ2) is 5.23. The molecule has 0 aliphatic heterocycles. The van der Waals surface area contributed by atoms with Crippen LogP contribution in [0.15, 0.2) is 54.6 Å². The van der Waals surface area contributed by atoms with Crippen molar-refractivity contribution >= 4 is 28.3 Å². The summed E-state index contributed by atoms with van der Waals surface area (Å²) in [5, 5.41) is 14.5. The van der Waals surface area contributed by atoms with Gasteiger partial charge in [-0.2, -0.15) is 0 Å². The molecular weight excluding hydrogens is 290 g/mol. The fraction of sp³-hybridized carbons (Fsp3) is 0.263. The van der Waals surface area contributed by atoms with Crippen LogP contribution in [0.25, 0.3) is 10.8 Å². The molecule has 4 heteroatoms. The quantitative estimate of drug-likeness (QED) is 0.855. The smallest absolute Gasteiger partial charge is 0.307 e. The molecule has 4 nitrogen and oxygen atoms in total. The maximum atomic E-state index is 12.8. The molecule has 1 saturated carbocycles. The fourth-order valence-electron chi connectivity index (χ4n) is 4.07. The molecule has 4 rings (SSSR count). The topological polar surface area (TPSA) is 66.4 Å². The third-order valence-corrected chi connectivity index (χ3v) is 5.09. The van der Waals surface area contributed by atoms with Gasteiger partial charge in [0.15, 0.2) is 0 Å². The lowest BCUT2D eigenvalue weighted by Crippen LogP contribution is -2.36. The lowest BCUT2D eigenvalue weighted by atomic mass is 9.82. The van der Waals surface area contributed by atoms with Gasteiger partial charge in [0.25, 0.3) is 0 Å². The molecule has 116 valence electrons. The zero-order valence-electron chi connectivity index (χ0n) is 12.5. The number of hydrogen-bond acceptors (Lipinski definition) is 2. The van der Waals surface area contributed by atoms with E-state index in [0.29, 0.717) is 0 Å². The highest BCUT2D eigenvalue weighted by atomic mass is 16.4. The minimum absolute atomic E-state index is 0.0132. The van der Waals surface area contributed by atoms with Crippen molar-refractivity contribution in [2.75, 3.05) is 5.32 Å². The molecular formula is C19H17NO3. The van der Waals surface area contributed by atoms with Crippen molar-refractivity contribution in [1.82, 2.24) is 0 Å². The van der Waals surface area contributed by atoms with Gasteiger partial charge in [0.2, 0.25) is 5.91 Å². The van der Waals surface area contributed by atoms with Gasteiger partial charge in [0.1, 0.15) is 0 Å². The van der Waals surface area contributed by atoms with Crippen LogP contribution in [-0.4, -0.2) is 17.0 Å². The number of allylic oxidation sites excluding steroid dienone is 2. The number of rotatable bonds is 3. The number of carbonyl (C=O) groups excluding carboxylic acids is 1. The van der Waals surface area contributed by atoms with Crippen molar-refractivity contribution < 1.29 is 14.7 Å². The molecule has 2 aromatic rings. The number of carboxylic acid groups (broad SMARTS) is 1. The normalized spacial score (nSPS) is 28.2. The first-order valence-corrected chi connectivity index (χ1v) is 7.85. The molecule has 2 N–H and O–H groups in total. The Morgan fingerprint density at radius 1 is 0.957 bits per heavy atom. The third kappa shape index (κ3) is 2.22. The first-order valence-electron chi connectivity index (χ1n) is 7.85. The molecule has 4 atom stereocenters. The molecule has 2 aliphatic carbocycles. The minimum Gasteiger partial charge on any atom is -0.481 e. The predicted molar refractivity (Wildman–Crippen MR) is 87.9 cm³/mol. The summed E-state index contributed by atoms with van der Waals surface area (Å²) in [6, 6.07) is 13.6. The van der Waals surface area contributed by atoms with Crippen LogP contribution in [-0.2, 0) is 9.59 Å². The van der Waals surface area contributed by atoms with E-state index in [1.165, 1.54) is 0 Å². The van der Waals surface area contributed by atoms with Gasteiger partial charge in [-0.25, -0.2) is 0 Å². The van der Waals surface area contributed by atoms with Crippen LogP contribution in [0.5, 0.6) is 0 Å². The van der Waals surface area contributed by atoms with E-state index in [1.54, 1.807) is 0 Å². The summed E-state index contributed by atoms with van der Waals surface area (Å²) in [5.74, 6) is -2.14. The highest BCUT2D eigenvalue weighted by Gasteiger charge is 2.51. The molecule has 0 aromatic heterocycles. The molecule has 0 heterocycles. The Bertz CT molecular complexity index is 821. The van der Waals surface area contributed by atoms with Gasteiger partial charge in [-0.3, -0.25) is 9.59 Å². The summed E-state index contributed by atoms with van der Waals surface area (Å²) in [5.41, 5.74) is 0.740. The molecule has 2 aliphatic rings. The lowest BCUT2D eigenvalue weighted by Gasteiger charge is -2.24. The number of nitrogens with one attached hydrogen (secondary N) is 1. The van der Waals surface area contributed by atoms with E-state index in [0.717, 1.165) is 22.9 Å². The summed E-state index contributed by atoms with van der Waals surface area (Å²) >= 11 is 0. The number of amides is 1. The summed E-state index contributed by atoms with van der Waals surface area (Å²) in [4.78, 5) is 24.3. The number of fused-ring (bicyclic) bond motifs is 3. The second-order valence-electron chi connectivity index (χ2n) is 6.35. The zero-order chi connectivity index (χ0) is 16.0. The summed E-state index contributed by atoms with van der Waals surface area (Å²) < 4.78 is 0. The second-order valence-corrected chi connectivity index (χ2v) is 6.35.